The van der Waals surface area contributed by atoms with Crippen LogP contribution < -0.4 is 10.1 Å². The fourth-order valence-electron chi connectivity index (χ4n) is 4.58. The summed E-state index contributed by atoms with van der Waals surface area (Å²) in [5.41, 5.74) is 1.01. The standard InChI is InChI=1S/C27H33N3O3S/c1-19(2)16-27(32)14-15-30(17-23(27)33-22-12-8-5-9-13-22)18-24(31)28-26-29-25(20(3)34-26)21-10-6-4-7-11-21/h4-13,19,23,32H,14-18H2,1-3H3,(H,28,29,31)/t23-,27+/m0/s1. The van der Waals surface area contributed by atoms with E-state index in [1.807, 2.05) is 67.6 Å². The van der Waals surface area contributed by atoms with Gasteiger partial charge in [-0.25, -0.2) is 4.98 Å². The maximum Gasteiger partial charge on any atom is 0.240 e. The van der Waals surface area contributed by atoms with E-state index in [1.54, 1.807) is 0 Å². The number of benzene rings is 2. The van der Waals surface area contributed by atoms with Gasteiger partial charge in [0.1, 0.15) is 17.5 Å². The zero-order valence-corrected chi connectivity index (χ0v) is 20.8. The van der Waals surface area contributed by atoms with Crippen LogP contribution in [0.4, 0.5) is 5.13 Å². The van der Waals surface area contributed by atoms with Crippen molar-refractivity contribution in [3.05, 3.63) is 65.5 Å². The zero-order chi connectivity index (χ0) is 24.1. The first-order valence-corrected chi connectivity index (χ1v) is 12.6. The number of ether oxygens (including phenoxy) is 1. The van der Waals surface area contributed by atoms with Crippen molar-refractivity contribution in [2.24, 2.45) is 5.92 Å². The van der Waals surface area contributed by atoms with Crippen LogP contribution in [0, 0.1) is 12.8 Å². The number of amides is 1. The average Bonchev–Trinajstić information content (AvgIpc) is 3.17. The predicted molar refractivity (Wildman–Crippen MR) is 137 cm³/mol. The van der Waals surface area contributed by atoms with E-state index in [2.05, 4.69) is 29.0 Å². The minimum atomic E-state index is -0.923. The zero-order valence-electron chi connectivity index (χ0n) is 20.0. The second-order valence-corrected chi connectivity index (χ2v) is 10.6. The van der Waals surface area contributed by atoms with Gasteiger partial charge in [-0.1, -0.05) is 62.4 Å². The van der Waals surface area contributed by atoms with Crippen molar-refractivity contribution < 1.29 is 14.6 Å². The van der Waals surface area contributed by atoms with Gasteiger partial charge in [0.2, 0.25) is 5.91 Å². The number of carbonyl (C=O) groups excluding carboxylic acids is 1. The molecule has 0 bridgehead atoms. The average molecular weight is 480 g/mol. The molecule has 0 aliphatic carbocycles. The normalized spacial score (nSPS) is 20.9. The van der Waals surface area contributed by atoms with Gasteiger partial charge < -0.3 is 15.2 Å². The van der Waals surface area contributed by atoms with Crippen molar-refractivity contribution in [1.29, 1.82) is 0 Å². The van der Waals surface area contributed by atoms with Crippen molar-refractivity contribution in [2.45, 2.75) is 45.3 Å². The van der Waals surface area contributed by atoms with Gasteiger partial charge in [-0.3, -0.25) is 9.69 Å². The Kier molecular flexibility index (Phi) is 7.66. The Morgan fingerprint density at radius 3 is 2.56 bits per heavy atom. The fourth-order valence-corrected chi connectivity index (χ4v) is 5.43. The molecular weight excluding hydrogens is 446 g/mol. The van der Waals surface area contributed by atoms with Crippen LogP contribution in [-0.2, 0) is 4.79 Å². The number of aryl methyl sites for hydroxylation is 1. The van der Waals surface area contributed by atoms with E-state index in [9.17, 15) is 9.90 Å². The first-order chi connectivity index (χ1) is 16.3. The monoisotopic (exact) mass is 479 g/mol. The number of aliphatic hydroxyl groups is 1. The summed E-state index contributed by atoms with van der Waals surface area (Å²) >= 11 is 1.48. The number of aromatic nitrogens is 1. The van der Waals surface area contributed by atoms with E-state index >= 15 is 0 Å². The summed E-state index contributed by atoms with van der Waals surface area (Å²) in [6, 6.07) is 19.6. The van der Waals surface area contributed by atoms with Crippen LogP contribution in [0.1, 0.15) is 31.6 Å². The minimum absolute atomic E-state index is 0.110. The van der Waals surface area contributed by atoms with Crippen molar-refractivity contribution in [3.63, 3.8) is 0 Å². The largest absolute Gasteiger partial charge is 0.486 e. The molecule has 3 aromatic rings. The molecule has 1 amide bonds. The molecule has 1 aliphatic rings. The van der Waals surface area contributed by atoms with Crippen molar-refractivity contribution in [2.75, 3.05) is 25.0 Å². The van der Waals surface area contributed by atoms with E-state index in [1.165, 1.54) is 11.3 Å². The van der Waals surface area contributed by atoms with Crippen molar-refractivity contribution in [3.8, 4) is 17.0 Å². The van der Waals surface area contributed by atoms with Gasteiger partial charge in [-0.2, -0.15) is 0 Å². The molecule has 2 N–H and O–H groups in total. The molecule has 1 aromatic heterocycles. The van der Waals surface area contributed by atoms with Crippen LogP contribution in [0.2, 0.25) is 0 Å². The molecule has 1 saturated heterocycles. The van der Waals surface area contributed by atoms with Crippen LogP contribution in [0.3, 0.4) is 0 Å². The number of nitrogens with one attached hydrogen (secondary N) is 1. The highest BCUT2D eigenvalue weighted by molar-refractivity contribution is 7.16. The molecule has 6 nitrogen and oxygen atoms in total. The molecule has 4 rings (SSSR count). The lowest BCUT2D eigenvalue weighted by Crippen LogP contribution is -2.59. The summed E-state index contributed by atoms with van der Waals surface area (Å²) in [7, 11) is 0. The number of carbonyl (C=O) groups is 1. The van der Waals surface area contributed by atoms with Crippen LogP contribution in [0.5, 0.6) is 5.75 Å². The first kappa shape index (κ1) is 24.4. The van der Waals surface area contributed by atoms with Crippen molar-refractivity contribution >= 4 is 22.4 Å². The minimum Gasteiger partial charge on any atom is -0.486 e. The summed E-state index contributed by atoms with van der Waals surface area (Å²) in [4.78, 5) is 20.6. The molecule has 0 radical (unpaired) electrons. The molecule has 1 aliphatic heterocycles. The molecule has 1 fully saturated rings. The SMILES string of the molecule is Cc1sc(NC(=O)CN2CC[C@@](O)(CC(C)C)[C@@H](Oc3ccccc3)C2)nc1-c1ccccc1. The lowest BCUT2D eigenvalue weighted by molar-refractivity contribution is -0.129. The second-order valence-electron chi connectivity index (χ2n) is 9.44. The quantitative estimate of drug-likeness (QED) is 0.476. The third-order valence-corrected chi connectivity index (χ3v) is 7.01. The summed E-state index contributed by atoms with van der Waals surface area (Å²) in [6.07, 6.45) is 0.806. The van der Waals surface area contributed by atoms with E-state index in [0.717, 1.165) is 21.9 Å². The van der Waals surface area contributed by atoms with Gasteiger partial charge in [0.05, 0.1) is 12.2 Å². The summed E-state index contributed by atoms with van der Waals surface area (Å²) in [5.74, 6) is 0.961. The molecule has 7 heteroatoms. The molecular formula is C27H33N3O3S. The number of likely N-dealkylation sites (tertiary alicyclic amines) is 1. The number of thiazole rings is 1. The Labute approximate surface area is 205 Å². The van der Waals surface area contributed by atoms with Gasteiger partial charge in [0.15, 0.2) is 5.13 Å². The van der Waals surface area contributed by atoms with Crippen LogP contribution in [-0.4, -0.2) is 52.2 Å². The van der Waals surface area contributed by atoms with Gasteiger partial charge >= 0.3 is 0 Å². The summed E-state index contributed by atoms with van der Waals surface area (Å²) in [6.45, 7) is 7.58. The first-order valence-electron chi connectivity index (χ1n) is 11.8. The van der Waals surface area contributed by atoms with E-state index in [0.29, 0.717) is 37.0 Å². The number of anilines is 1. The molecule has 0 saturated carbocycles. The Bertz CT molecular complexity index is 1090. The van der Waals surface area contributed by atoms with E-state index in [4.69, 9.17) is 4.74 Å². The second kappa shape index (κ2) is 10.7. The topological polar surface area (TPSA) is 74.7 Å². The van der Waals surface area contributed by atoms with Crippen LogP contribution in [0.25, 0.3) is 11.3 Å². The lowest BCUT2D eigenvalue weighted by atomic mass is 9.81. The molecule has 2 aromatic carbocycles. The number of hydrogen-bond acceptors (Lipinski definition) is 6. The molecule has 34 heavy (non-hydrogen) atoms. The summed E-state index contributed by atoms with van der Waals surface area (Å²) < 4.78 is 6.24. The van der Waals surface area contributed by atoms with Crippen LogP contribution in [0.15, 0.2) is 60.7 Å². The summed E-state index contributed by atoms with van der Waals surface area (Å²) in [5, 5.41) is 15.0. The molecule has 0 unspecified atom stereocenters. The number of nitrogens with zero attached hydrogens (tertiary/aromatic N) is 2. The predicted octanol–water partition coefficient (Wildman–Crippen LogP) is 4.99. The number of rotatable bonds is 8. The van der Waals surface area contributed by atoms with Gasteiger partial charge in [-0.05, 0) is 37.8 Å². The molecule has 2 atom stereocenters. The highest BCUT2D eigenvalue weighted by Gasteiger charge is 2.43. The van der Waals surface area contributed by atoms with Crippen LogP contribution >= 0.6 is 11.3 Å². The highest BCUT2D eigenvalue weighted by Crippen LogP contribution is 2.33. The number of hydrogen-bond donors (Lipinski definition) is 2. The van der Waals surface area contributed by atoms with Gasteiger partial charge in [-0.15, -0.1) is 11.3 Å². The number of piperidine rings is 1. The molecule has 2 heterocycles. The Morgan fingerprint density at radius 1 is 1.21 bits per heavy atom. The maximum atomic E-state index is 12.9. The molecule has 180 valence electrons. The van der Waals surface area contributed by atoms with Gasteiger partial charge in [0.25, 0.3) is 0 Å². The smallest absolute Gasteiger partial charge is 0.240 e. The third kappa shape index (κ3) is 6.03. The Balaban J connectivity index is 1.41. The fraction of sp³-hybridized carbons (Fsp3) is 0.407. The lowest BCUT2D eigenvalue weighted by Gasteiger charge is -2.44. The maximum absolute atomic E-state index is 12.9. The highest BCUT2D eigenvalue weighted by atomic mass is 32.1. The van der Waals surface area contributed by atoms with E-state index < -0.39 is 11.7 Å². The van der Waals surface area contributed by atoms with Crippen molar-refractivity contribution in [1.82, 2.24) is 9.88 Å². The third-order valence-electron chi connectivity index (χ3n) is 6.12. The van der Waals surface area contributed by atoms with E-state index in [-0.39, 0.29) is 12.5 Å². The molecule has 0 spiro atoms. The van der Waals surface area contributed by atoms with Gasteiger partial charge in [0, 0.05) is 23.5 Å². The number of para-hydroxylation sites is 1. The Hall–Kier alpha value is -2.74. The Morgan fingerprint density at radius 2 is 1.88 bits per heavy atom.